The summed E-state index contributed by atoms with van der Waals surface area (Å²) in [6.45, 7) is 5.87. The maximum Gasteiger partial charge on any atom is 0.320 e. The smallest absolute Gasteiger partial charge is 0.320 e. The number of nitrogens with two attached hydrogens (primary N) is 1. The van der Waals surface area contributed by atoms with Gasteiger partial charge in [0.1, 0.15) is 25.0 Å². The molecule has 0 aliphatic carbocycles. The van der Waals surface area contributed by atoms with Gasteiger partial charge in [0.05, 0.1) is 0 Å². The highest BCUT2D eigenvalue weighted by molar-refractivity contribution is 5.73. The quantitative estimate of drug-likeness (QED) is 0.189. The van der Waals surface area contributed by atoms with Crippen LogP contribution in [-0.4, -0.2) is 33.5 Å². The van der Waals surface area contributed by atoms with Crippen molar-refractivity contribution < 1.29 is 23.8 Å². The molecule has 0 amide bonds. The molecule has 0 saturated carbocycles. The third kappa shape index (κ3) is 9.13. The van der Waals surface area contributed by atoms with Gasteiger partial charge in [0, 0.05) is 30.8 Å². The van der Waals surface area contributed by atoms with E-state index in [9.17, 15) is 14.3 Å². The number of pyridine rings is 1. The summed E-state index contributed by atoms with van der Waals surface area (Å²) < 4.78 is 26.3. The van der Waals surface area contributed by atoms with Crippen molar-refractivity contribution >= 4 is 5.97 Å². The largest absolute Gasteiger partial charge is 0.489 e. The molecule has 3 aromatic carbocycles. The predicted molar refractivity (Wildman–Crippen MR) is 156 cm³/mol. The van der Waals surface area contributed by atoms with Gasteiger partial charge in [-0.15, -0.1) is 0 Å². The van der Waals surface area contributed by atoms with Crippen LogP contribution < -0.4 is 15.2 Å². The van der Waals surface area contributed by atoms with E-state index in [1.807, 2.05) is 85.5 Å². The number of hydrogen-bond acceptors (Lipinski definition) is 6. The van der Waals surface area contributed by atoms with Crippen molar-refractivity contribution in [1.82, 2.24) is 9.88 Å². The minimum Gasteiger partial charge on any atom is -0.489 e. The van der Waals surface area contributed by atoms with Crippen molar-refractivity contribution in [2.45, 2.75) is 52.6 Å². The van der Waals surface area contributed by atoms with Crippen LogP contribution in [0.5, 0.6) is 11.6 Å². The average molecular weight is 558 g/mol. The molecule has 0 unspecified atom stereocenters. The molecule has 0 aliphatic rings. The van der Waals surface area contributed by atoms with E-state index in [4.69, 9.17) is 15.2 Å². The Bertz CT molecular complexity index is 1460. The van der Waals surface area contributed by atoms with Crippen LogP contribution in [0.3, 0.4) is 0 Å². The number of ether oxygens (including phenoxy) is 2. The number of benzene rings is 3. The number of hydrogen-bond donors (Lipinski definition) is 2. The lowest BCUT2D eigenvalue weighted by Gasteiger charge is -2.25. The topological polar surface area (TPSA) is 97.9 Å². The number of aryl methyl sites for hydroxylation is 2. The molecule has 1 atom stereocenters. The molecule has 214 valence electrons. The number of nitrogens with zero attached hydrogens (tertiary/aromatic N) is 2. The van der Waals surface area contributed by atoms with Crippen LogP contribution in [0, 0.1) is 19.8 Å². The number of aromatic nitrogens is 1. The maximum atomic E-state index is 14.2. The molecule has 41 heavy (non-hydrogen) atoms. The number of rotatable bonds is 14. The summed E-state index contributed by atoms with van der Waals surface area (Å²) in [6, 6.07) is 25.7. The molecule has 0 spiro atoms. The molecule has 0 fully saturated rings. The fourth-order valence-electron chi connectivity index (χ4n) is 4.52. The molecule has 0 aliphatic heterocycles. The van der Waals surface area contributed by atoms with Gasteiger partial charge in [0.15, 0.2) is 0 Å². The molecule has 0 radical (unpaired) electrons. The summed E-state index contributed by atoms with van der Waals surface area (Å²) in [5.74, 6) is -0.766. The molecule has 8 heteroatoms. The Labute approximate surface area is 240 Å². The van der Waals surface area contributed by atoms with Gasteiger partial charge in [-0.3, -0.25) is 9.69 Å². The van der Waals surface area contributed by atoms with Crippen LogP contribution >= 0.6 is 0 Å². The fraction of sp³-hybridized carbons (Fsp3) is 0.273. The van der Waals surface area contributed by atoms with Crippen molar-refractivity contribution in [1.29, 1.82) is 0 Å². The molecule has 0 bridgehead atoms. The molecule has 3 N–H and O–H groups in total. The number of carboxylic acids is 1. The van der Waals surface area contributed by atoms with Crippen molar-refractivity contribution in [2.24, 2.45) is 5.73 Å². The standard InChI is InChI=1S/C33H36FN3O4/c1-23-7-5-9-25(17-23)21-40-30-12-4-3-11-27(30)19-37(16-15-29(35)33(38)39)20-28-13-14-31(34)36-32(28)41-22-26-10-6-8-24(2)18-26/h3-14,17-18,29H,15-16,19-22,35H2,1-2H3,(H,38,39)/t29-/m0/s1. The van der Waals surface area contributed by atoms with Crippen LogP contribution in [0.25, 0.3) is 0 Å². The minimum absolute atomic E-state index is 0.197. The van der Waals surface area contributed by atoms with Gasteiger partial charge in [0.25, 0.3) is 0 Å². The Morgan fingerprint density at radius 1 is 0.878 bits per heavy atom. The lowest BCUT2D eigenvalue weighted by Crippen LogP contribution is -2.35. The lowest BCUT2D eigenvalue weighted by molar-refractivity contribution is -0.138. The monoisotopic (exact) mass is 557 g/mol. The van der Waals surface area contributed by atoms with Crippen molar-refractivity contribution in [3.8, 4) is 11.6 Å². The first-order valence-electron chi connectivity index (χ1n) is 13.6. The molecule has 7 nitrogen and oxygen atoms in total. The van der Waals surface area contributed by atoms with Gasteiger partial charge in [0.2, 0.25) is 11.8 Å². The number of halogens is 1. The van der Waals surface area contributed by atoms with Crippen molar-refractivity contribution in [2.75, 3.05) is 6.54 Å². The molecule has 4 aromatic rings. The summed E-state index contributed by atoms with van der Waals surface area (Å²) in [5.41, 5.74) is 11.7. The van der Waals surface area contributed by atoms with E-state index in [-0.39, 0.29) is 18.9 Å². The van der Waals surface area contributed by atoms with Crippen LogP contribution in [0.2, 0.25) is 0 Å². The Morgan fingerprint density at radius 2 is 1.51 bits per heavy atom. The van der Waals surface area contributed by atoms with Crippen molar-refractivity contribution in [3.05, 3.63) is 124 Å². The van der Waals surface area contributed by atoms with Crippen LogP contribution in [-0.2, 0) is 31.1 Å². The second-order valence-electron chi connectivity index (χ2n) is 10.2. The van der Waals surface area contributed by atoms with E-state index in [1.54, 1.807) is 6.07 Å². The molecular weight excluding hydrogens is 521 g/mol. The van der Waals surface area contributed by atoms with Crippen LogP contribution in [0.15, 0.2) is 84.9 Å². The van der Waals surface area contributed by atoms with Gasteiger partial charge < -0.3 is 20.3 Å². The van der Waals surface area contributed by atoms with E-state index in [1.165, 1.54) is 6.07 Å². The van der Waals surface area contributed by atoms with E-state index in [0.717, 1.165) is 33.6 Å². The first kappa shape index (κ1) is 29.7. The van der Waals surface area contributed by atoms with Gasteiger partial charge >= 0.3 is 5.97 Å². The highest BCUT2D eigenvalue weighted by Crippen LogP contribution is 2.25. The zero-order chi connectivity index (χ0) is 29.2. The fourth-order valence-corrected chi connectivity index (χ4v) is 4.52. The van der Waals surface area contributed by atoms with Gasteiger partial charge in [-0.05, 0) is 49.6 Å². The van der Waals surface area contributed by atoms with Gasteiger partial charge in [-0.1, -0.05) is 77.9 Å². The second kappa shape index (κ2) is 14.4. The Hall–Kier alpha value is -4.27. The summed E-state index contributed by atoms with van der Waals surface area (Å²) in [5, 5.41) is 9.35. The van der Waals surface area contributed by atoms with E-state index < -0.39 is 18.0 Å². The Balaban J connectivity index is 1.54. The first-order valence-corrected chi connectivity index (χ1v) is 13.6. The predicted octanol–water partition coefficient (Wildman–Crippen LogP) is 5.80. The normalized spacial score (nSPS) is 11.8. The minimum atomic E-state index is -1.06. The van der Waals surface area contributed by atoms with Crippen LogP contribution in [0.4, 0.5) is 4.39 Å². The van der Waals surface area contributed by atoms with Crippen LogP contribution in [0.1, 0.15) is 39.8 Å². The SMILES string of the molecule is Cc1cccc(COc2ccccc2CN(CC[C@H](N)C(=O)O)Cc2ccc(F)nc2OCc2cccc(C)c2)c1. The number of carboxylic acid groups (broad SMARTS) is 1. The zero-order valence-electron chi connectivity index (χ0n) is 23.4. The summed E-state index contributed by atoms with van der Waals surface area (Å²) in [6.07, 6.45) is 0.232. The maximum absolute atomic E-state index is 14.2. The van der Waals surface area contributed by atoms with Gasteiger partial charge in [-0.2, -0.15) is 9.37 Å². The van der Waals surface area contributed by atoms with E-state index in [0.29, 0.717) is 31.8 Å². The summed E-state index contributed by atoms with van der Waals surface area (Å²) in [4.78, 5) is 17.5. The molecule has 1 heterocycles. The number of para-hydroxylation sites is 1. The Kier molecular flexibility index (Phi) is 10.4. The number of carbonyl (C=O) groups is 1. The summed E-state index contributed by atoms with van der Waals surface area (Å²) in [7, 11) is 0. The zero-order valence-corrected chi connectivity index (χ0v) is 23.4. The van der Waals surface area contributed by atoms with E-state index in [2.05, 4.69) is 11.1 Å². The Morgan fingerprint density at radius 3 is 2.17 bits per heavy atom. The highest BCUT2D eigenvalue weighted by atomic mass is 19.1. The third-order valence-corrected chi connectivity index (χ3v) is 6.67. The molecular formula is C33H36FN3O4. The summed E-state index contributed by atoms with van der Waals surface area (Å²) >= 11 is 0. The average Bonchev–Trinajstić information content (AvgIpc) is 2.95. The molecule has 4 rings (SSSR count). The van der Waals surface area contributed by atoms with E-state index >= 15 is 0 Å². The molecule has 1 aromatic heterocycles. The highest BCUT2D eigenvalue weighted by Gasteiger charge is 2.19. The van der Waals surface area contributed by atoms with Crippen molar-refractivity contribution in [3.63, 3.8) is 0 Å². The molecule has 0 saturated heterocycles. The second-order valence-corrected chi connectivity index (χ2v) is 10.2. The van der Waals surface area contributed by atoms with Gasteiger partial charge in [-0.25, -0.2) is 0 Å². The third-order valence-electron chi connectivity index (χ3n) is 6.67. The first-order chi connectivity index (χ1) is 19.8. The number of aliphatic carboxylic acids is 1. The lowest BCUT2D eigenvalue weighted by atomic mass is 10.1.